The number of ether oxygens (including phenoxy) is 1. The highest BCUT2D eigenvalue weighted by molar-refractivity contribution is 9.10. The summed E-state index contributed by atoms with van der Waals surface area (Å²) in [7, 11) is 1.65. The SMILES string of the molecule is CC(COc1cc(Br)ccc1Cl)CS(=O)(=O)Cl. The second kappa shape index (κ2) is 6.27. The van der Waals surface area contributed by atoms with Crippen molar-refractivity contribution in [3.05, 3.63) is 27.7 Å². The third-order valence-electron chi connectivity index (χ3n) is 1.90. The lowest BCUT2D eigenvalue weighted by atomic mass is 10.2. The van der Waals surface area contributed by atoms with Crippen LogP contribution in [0.25, 0.3) is 0 Å². The summed E-state index contributed by atoms with van der Waals surface area (Å²) >= 11 is 9.22. The van der Waals surface area contributed by atoms with Crippen LogP contribution in [0.15, 0.2) is 22.7 Å². The van der Waals surface area contributed by atoms with Crippen LogP contribution in [0.1, 0.15) is 6.92 Å². The van der Waals surface area contributed by atoms with Crippen LogP contribution in [0, 0.1) is 5.92 Å². The van der Waals surface area contributed by atoms with Crippen molar-refractivity contribution in [2.75, 3.05) is 12.4 Å². The summed E-state index contributed by atoms with van der Waals surface area (Å²) in [5.74, 6) is 0.188. The summed E-state index contributed by atoms with van der Waals surface area (Å²) in [6.07, 6.45) is 0. The van der Waals surface area contributed by atoms with Gasteiger partial charge in [-0.15, -0.1) is 0 Å². The molecule has 0 saturated heterocycles. The molecular weight excluding hydrogens is 351 g/mol. The van der Waals surface area contributed by atoms with E-state index in [-0.39, 0.29) is 18.3 Å². The predicted molar refractivity (Wildman–Crippen MR) is 73.5 cm³/mol. The van der Waals surface area contributed by atoms with Crippen LogP contribution in [-0.2, 0) is 9.05 Å². The molecule has 0 saturated carbocycles. The molecule has 0 amide bonds. The number of benzene rings is 1. The molecule has 0 radical (unpaired) electrons. The molecule has 0 spiro atoms. The molecule has 1 aromatic carbocycles. The summed E-state index contributed by atoms with van der Waals surface area (Å²) in [4.78, 5) is 0. The minimum Gasteiger partial charge on any atom is -0.492 e. The first-order chi connectivity index (χ1) is 7.78. The maximum absolute atomic E-state index is 10.9. The Balaban J connectivity index is 2.58. The molecule has 0 heterocycles. The molecule has 0 aliphatic carbocycles. The molecule has 96 valence electrons. The Hall–Kier alpha value is 0.0300. The van der Waals surface area contributed by atoms with Crippen molar-refractivity contribution in [3.63, 3.8) is 0 Å². The number of rotatable bonds is 5. The molecule has 0 fully saturated rings. The Labute approximate surface area is 119 Å². The lowest BCUT2D eigenvalue weighted by molar-refractivity contribution is 0.272. The summed E-state index contributed by atoms with van der Waals surface area (Å²) in [6.45, 7) is 1.98. The monoisotopic (exact) mass is 360 g/mol. The fraction of sp³-hybridized carbons (Fsp3) is 0.400. The normalized spacial score (nSPS) is 13.4. The zero-order valence-electron chi connectivity index (χ0n) is 8.99. The van der Waals surface area contributed by atoms with Crippen LogP contribution in [0.5, 0.6) is 5.75 Å². The molecule has 0 bridgehead atoms. The van der Waals surface area contributed by atoms with Gasteiger partial charge in [0, 0.05) is 21.1 Å². The highest BCUT2D eigenvalue weighted by atomic mass is 79.9. The molecular formula is C10H11BrCl2O3S. The summed E-state index contributed by atoms with van der Waals surface area (Å²) in [6, 6.07) is 5.22. The van der Waals surface area contributed by atoms with E-state index in [9.17, 15) is 8.42 Å². The van der Waals surface area contributed by atoms with E-state index in [0.29, 0.717) is 10.8 Å². The van der Waals surface area contributed by atoms with E-state index in [2.05, 4.69) is 15.9 Å². The third kappa shape index (κ3) is 5.95. The van der Waals surface area contributed by atoms with Gasteiger partial charge in [-0.25, -0.2) is 8.42 Å². The molecule has 0 aromatic heterocycles. The Morgan fingerprint density at radius 2 is 2.12 bits per heavy atom. The smallest absolute Gasteiger partial charge is 0.232 e. The molecule has 1 atom stereocenters. The second-order valence-corrected chi connectivity index (χ2v) is 7.84. The van der Waals surface area contributed by atoms with Gasteiger partial charge in [-0.05, 0) is 18.2 Å². The number of hydrogen-bond donors (Lipinski definition) is 0. The first-order valence-electron chi connectivity index (χ1n) is 4.78. The first kappa shape index (κ1) is 15.1. The average molecular weight is 362 g/mol. The highest BCUT2D eigenvalue weighted by Crippen LogP contribution is 2.28. The van der Waals surface area contributed by atoms with E-state index in [1.165, 1.54) is 0 Å². The van der Waals surface area contributed by atoms with Gasteiger partial charge in [0.15, 0.2) is 0 Å². The van der Waals surface area contributed by atoms with Crippen molar-refractivity contribution in [2.24, 2.45) is 5.92 Å². The van der Waals surface area contributed by atoms with E-state index < -0.39 is 9.05 Å². The van der Waals surface area contributed by atoms with Crippen LogP contribution in [0.2, 0.25) is 5.02 Å². The van der Waals surface area contributed by atoms with Crippen LogP contribution < -0.4 is 4.74 Å². The van der Waals surface area contributed by atoms with Gasteiger partial charge in [-0.3, -0.25) is 0 Å². The summed E-state index contributed by atoms with van der Waals surface area (Å²) < 4.78 is 28.0. The van der Waals surface area contributed by atoms with Crippen LogP contribution in [0.4, 0.5) is 0 Å². The lowest BCUT2D eigenvalue weighted by Gasteiger charge is -2.12. The Morgan fingerprint density at radius 1 is 1.47 bits per heavy atom. The maximum Gasteiger partial charge on any atom is 0.232 e. The molecule has 0 aliphatic heterocycles. The molecule has 7 heteroatoms. The van der Waals surface area contributed by atoms with Gasteiger partial charge in [0.05, 0.1) is 17.4 Å². The van der Waals surface area contributed by atoms with Gasteiger partial charge < -0.3 is 4.74 Å². The van der Waals surface area contributed by atoms with E-state index >= 15 is 0 Å². The van der Waals surface area contributed by atoms with Gasteiger partial charge in [-0.2, -0.15) is 0 Å². The fourth-order valence-corrected chi connectivity index (χ4v) is 3.14. The Kier molecular flexibility index (Phi) is 5.57. The molecule has 1 rings (SSSR count). The molecule has 1 unspecified atom stereocenters. The van der Waals surface area contributed by atoms with Crippen molar-refractivity contribution >= 4 is 47.3 Å². The van der Waals surface area contributed by atoms with Crippen LogP contribution in [0.3, 0.4) is 0 Å². The van der Waals surface area contributed by atoms with E-state index in [0.717, 1.165) is 4.47 Å². The minimum atomic E-state index is -3.50. The zero-order valence-corrected chi connectivity index (χ0v) is 12.9. The van der Waals surface area contributed by atoms with Crippen molar-refractivity contribution < 1.29 is 13.2 Å². The molecule has 0 aliphatic rings. The summed E-state index contributed by atoms with van der Waals surface area (Å²) in [5, 5.41) is 0.481. The van der Waals surface area contributed by atoms with E-state index in [1.807, 2.05) is 0 Å². The van der Waals surface area contributed by atoms with Crippen molar-refractivity contribution in [2.45, 2.75) is 6.92 Å². The maximum atomic E-state index is 10.9. The fourth-order valence-electron chi connectivity index (χ4n) is 1.21. The first-order valence-corrected chi connectivity index (χ1v) is 8.43. The Bertz CT molecular complexity index is 490. The number of halogens is 3. The van der Waals surface area contributed by atoms with Crippen molar-refractivity contribution in [1.29, 1.82) is 0 Å². The molecule has 1 aromatic rings. The van der Waals surface area contributed by atoms with Crippen molar-refractivity contribution in [1.82, 2.24) is 0 Å². The molecule has 0 N–H and O–H groups in total. The van der Waals surface area contributed by atoms with Gasteiger partial charge in [0.25, 0.3) is 0 Å². The molecule has 17 heavy (non-hydrogen) atoms. The van der Waals surface area contributed by atoms with Crippen molar-refractivity contribution in [3.8, 4) is 5.75 Å². The van der Waals surface area contributed by atoms with Crippen LogP contribution >= 0.6 is 38.2 Å². The van der Waals surface area contributed by atoms with Gasteiger partial charge >= 0.3 is 0 Å². The number of hydrogen-bond acceptors (Lipinski definition) is 3. The standard InChI is InChI=1S/C10H11BrCl2O3S/c1-7(6-17(13,14)15)5-16-10-4-8(11)2-3-9(10)12/h2-4,7H,5-6H2,1H3. The van der Waals surface area contributed by atoms with Gasteiger partial charge in [-0.1, -0.05) is 34.5 Å². The largest absolute Gasteiger partial charge is 0.492 e. The zero-order chi connectivity index (χ0) is 13.1. The van der Waals surface area contributed by atoms with E-state index in [1.54, 1.807) is 25.1 Å². The Morgan fingerprint density at radius 3 is 2.71 bits per heavy atom. The highest BCUT2D eigenvalue weighted by Gasteiger charge is 2.14. The lowest BCUT2D eigenvalue weighted by Crippen LogP contribution is -2.16. The third-order valence-corrected chi connectivity index (χ3v) is 4.05. The molecule has 3 nitrogen and oxygen atoms in total. The van der Waals surface area contributed by atoms with Gasteiger partial charge in [0.1, 0.15) is 5.75 Å². The minimum absolute atomic E-state index is 0.125. The quantitative estimate of drug-likeness (QED) is 0.751. The average Bonchev–Trinajstić information content (AvgIpc) is 2.17. The second-order valence-electron chi connectivity index (χ2n) is 3.70. The van der Waals surface area contributed by atoms with E-state index in [4.69, 9.17) is 27.0 Å². The summed E-state index contributed by atoms with van der Waals surface area (Å²) in [5.41, 5.74) is 0. The predicted octanol–water partition coefficient (Wildman–Crippen LogP) is 3.69. The topological polar surface area (TPSA) is 43.4 Å². The van der Waals surface area contributed by atoms with Crippen LogP contribution in [-0.4, -0.2) is 20.8 Å². The van der Waals surface area contributed by atoms with Gasteiger partial charge in [0.2, 0.25) is 9.05 Å².